The lowest BCUT2D eigenvalue weighted by molar-refractivity contribution is -0.0268. The van der Waals surface area contributed by atoms with Gasteiger partial charge in [0.05, 0.1) is 29.3 Å². The first-order valence-corrected chi connectivity index (χ1v) is 8.07. The highest BCUT2D eigenvalue weighted by Gasteiger charge is 2.24. The van der Waals surface area contributed by atoms with Crippen LogP contribution in [0.3, 0.4) is 0 Å². The van der Waals surface area contributed by atoms with E-state index in [-0.39, 0.29) is 6.10 Å². The smallest absolute Gasteiger partial charge is 0.126 e. The molecule has 0 amide bonds. The van der Waals surface area contributed by atoms with Crippen LogP contribution >= 0.6 is 0 Å². The number of rotatable bonds is 4. The van der Waals surface area contributed by atoms with E-state index in [1.54, 1.807) is 6.07 Å². The zero-order valence-corrected chi connectivity index (χ0v) is 12.7. The van der Waals surface area contributed by atoms with E-state index >= 15 is 0 Å². The second kappa shape index (κ2) is 6.65. The van der Waals surface area contributed by atoms with Crippen LogP contribution in [0.1, 0.15) is 13.8 Å². The third-order valence-electron chi connectivity index (χ3n) is 3.39. The van der Waals surface area contributed by atoms with Crippen molar-refractivity contribution in [1.29, 1.82) is 0 Å². The molecule has 2 atom stereocenters. The van der Waals surface area contributed by atoms with Gasteiger partial charge in [0, 0.05) is 29.7 Å². The average molecular weight is 300 g/mol. The predicted molar refractivity (Wildman–Crippen MR) is 78.5 cm³/mol. The van der Waals surface area contributed by atoms with Crippen LogP contribution in [0.4, 0.5) is 10.1 Å². The highest BCUT2D eigenvalue weighted by Crippen LogP contribution is 2.17. The van der Waals surface area contributed by atoms with E-state index < -0.39 is 16.6 Å². The van der Waals surface area contributed by atoms with Crippen LogP contribution in [0, 0.1) is 5.82 Å². The number of hydrogen-bond acceptors (Lipinski definition) is 4. The molecule has 2 rings (SSSR count). The molecule has 2 unspecified atom stereocenters. The highest BCUT2D eigenvalue weighted by molar-refractivity contribution is 7.85. The molecule has 2 N–H and O–H groups in total. The molecule has 0 aliphatic carbocycles. The van der Waals surface area contributed by atoms with Gasteiger partial charge < -0.3 is 10.5 Å². The molecule has 1 heterocycles. The van der Waals surface area contributed by atoms with Crippen LogP contribution in [0.25, 0.3) is 0 Å². The van der Waals surface area contributed by atoms with Crippen LogP contribution in [-0.2, 0) is 15.5 Å². The first-order chi connectivity index (χ1) is 9.45. The molecular formula is C14H21FN2O2S. The quantitative estimate of drug-likeness (QED) is 0.859. The molecule has 1 aliphatic rings. The van der Waals surface area contributed by atoms with E-state index in [0.29, 0.717) is 29.0 Å². The summed E-state index contributed by atoms with van der Waals surface area (Å²) in [5.74, 6) is -0.0896. The Hall–Kier alpha value is -0.980. The molecule has 112 valence electrons. The predicted octanol–water partition coefficient (Wildman–Crippen LogP) is 1.62. The number of ether oxygens (including phenoxy) is 1. The lowest BCUT2D eigenvalue weighted by Crippen LogP contribution is -2.47. The summed E-state index contributed by atoms with van der Waals surface area (Å²) in [5.41, 5.74) is 5.87. The van der Waals surface area contributed by atoms with Gasteiger partial charge in [-0.05, 0) is 32.0 Å². The maximum absolute atomic E-state index is 13.3. The summed E-state index contributed by atoms with van der Waals surface area (Å²) in [6, 6.07) is 4.50. The first-order valence-electron chi connectivity index (χ1n) is 6.76. The fourth-order valence-corrected chi connectivity index (χ4v) is 3.54. The number of halogens is 1. The monoisotopic (exact) mass is 300 g/mol. The second-order valence-electron chi connectivity index (χ2n) is 5.31. The fourth-order valence-electron chi connectivity index (χ4n) is 2.29. The summed E-state index contributed by atoms with van der Waals surface area (Å²) in [5, 5.41) is 0. The molecule has 1 aromatic carbocycles. The van der Waals surface area contributed by atoms with Gasteiger partial charge >= 0.3 is 0 Å². The molecule has 0 radical (unpaired) electrons. The average Bonchev–Trinajstić information content (AvgIpc) is 2.37. The lowest BCUT2D eigenvalue weighted by atomic mass is 10.2. The minimum absolute atomic E-state index is 0.0866. The van der Waals surface area contributed by atoms with Crippen LogP contribution in [0.15, 0.2) is 23.1 Å². The van der Waals surface area contributed by atoms with E-state index in [1.165, 1.54) is 12.1 Å². The van der Waals surface area contributed by atoms with Crippen molar-refractivity contribution >= 4 is 16.5 Å². The van der Waals surface area contributed by atoms with Gasteiger partial charge in [0.15, 0.2) is 0 Å². The number of hydrogen-bond donors (Lipinski definition) is 1. The van der Waals surface area contributed by atoms with E-state index in [0.717, 1.165) is 13.1 Å². The van der Waals surface area contributed by atoms with Gasteiger partial charge in [0.1, 0.15) is 5.82 Å². The molecule has 1 aromatic rings. The number of benzene rings is 1. The molecule has 1 saturated heterocycles. The van der Waals surface area contributed by atoms with Gasteiger partial charge in [-0.25, -0.2) is 4.39 Å². The number of nitrogens with two attached hydrogens (primary N) is 1. The Labute approximate surface area is 121 Å². The molecule has 0 bridgehead atoms. The SMILES string of the molecule is CC(C)N1CCOC(CS(=O)c2cc(N)cc(F)c2)C1. The topological polar surface area (TPSA) is 55.6 Å². The molecular weight excluding hydrogens is 279 g/mol. The zero-order valence-electron chi connectivity index (χ0n) is 11.8. The number of nitrogen functional groups attached to an aromatic ring is 1. The summed E-state index contributed by atoms with van der Waals surface area (Å²) in [6.07, 6.45) is -0.0866. The number of morpholine rings is 1. The maximum atomic E-state index is 13.3. The van der Waals surface area contributed by atoms with Gasteiger partial charge in [0.2, 0.25) is 0 Å². The van der Waals surface area contributed by atoms with Crippen LogP contribution in [0.2, 0.25) is 0 Å². The van der Waals surface area contributed by atoms with Crippen molar-refractivity contribution in [3.8, 4) is 0 Å². The summed E-state index contributed by atoms with van der Waals surface area (Å²) in [7, 11) is -1.30. The Bertz CT molecular complexity index is 476. The van der Waals surface area contributed by atoms with Gasteiger partial charge in [-0.1, -0.05) is 0 Å². The van der Waals surface area contributed by atoms with Crippen molar-refractivity contribution < 1.29 is 13.3 Å². The van der Waals surface area contributed by atoms with E-state index in [2.05, 4.69) is 18.7 Å². The maximum Gasteiger partial charge on any atom is 0.126 e. The molecule has 6 heteroatoms. The highest BCUT2D eigenvalue weighted by atomic mass is 32.2. The fraction of sp³-hybridized carbons (Fsp3) is 0.571. The van der Waals surface area contributed by atoms with Crippen molar-refractivity contribution in [2.75, 3.05) is 31.2 Å². The standard InChI is InChI=1S/C14H21FN2O2S/c1-10(2)17-3-4-19-13(8-17)9-20(18)14-6-11(15)5-12(16)7-14/h5-7,10,13H,3-4,8-9,16H2,1-2H3. The summed E-state index contributed by atoms with van der Waals surface area (Å²) < 4.78 is 31.2. The molecule has 0 aromatic heterocycles. The molecule has 4 nitrogen and oxygen atoms in total. The Morgan fingerprint density at radius 2 is 2.25 bits per heavy atom. The van der Waals surface area contributed by atoms with Crippen molar-refractivity contribution in [1.82, 2.24) is 4.90 Å². The Morgan fingerprint density at radius 3 is 2.90 bits per heavy atom. The van der Waals surface area contributed by atoms with Crippen LogP contribution in [-0.4, -0.2) is 46.7 Å². The second-order valence-corrected chi connectivity index (χ2v) is 6.81. The third-order valence-corrected chi connectivity index (χ3v) is 4.83. The molecule has 0 spiro atoms. The molecule has 20 heavy (non-hydrogen) atoms. The lowest BCUT2D eigenvalue weighted by Gasteiger charge is -2.35. The minimum atomic E-state index is -1.30. The Morgan fingerprint density at radius 1 is 1.50 bits per heavy atom. The van der Waals surface area contributed by atoms with Crippen molar-refractivity contribution in [3.05, 3.63) is 24.0 Å². The van der Waals surface area contributed by atoms with E-state index in [4.69, 9.17) is 10.5 Å². The van der Waals surface area contributed by atoms with Gasteiger partial charge in [-0.2, -0.15) is 0 Å². The van der Waals surface area contributed by atoms with E-state index in [1.807, 2.05) is 0 Å². The normalized spacial score (nSPS) is 22.1. The van der Waals surface area contributed by atoms with E-state index in [9.17, 15) is 8.60 Å². The first kappa shape index (κ1) is 15.4. The van der Waals surface area contributed by atoms with Crippen LogP contribution < -0.4 is 5.73 Å². The van der Waals surface area contributed by atoms with Crippen molar-refractivity contribution in [2.24, 2.45) is 0 Å². The zero-order chi connectivity index (χ0) is 14.7. The summed E-state index contributed by atoms with van der Waals surface area (Å²) in [4.78, 5) is 2.72. The van der Waals surface area contributed by atoms with Gasteiger partial charge in [-0.3, -0.25) is 9.11 Å². The van der Waals surface area contributed by atoms with Crippen molar-refractivity contribution in [3.63, 3.8) is 0 Å². The number of anilines is 1. The number of nitrogens with zero attached hydrogens (tertiary/aromatic N) is 1. The summed E-state index contributed by atoms with van der Waals surface area (Å²) >= 11 is 0. The largest absolute Gasteiger partial charge is 0.399 e. The molecule has 1 fully saturated rings. The van der Waals surface area contributed by atoms with Crippen LogP contribution in [0.5, 0.6) is 0 Å². The minimum Gasteiger partial charge on any atom is -0.399 e. The third kappa shape index (κ3) is 4.01. The Balaban J connectivity index is 2.00. The molecule has 1 aliphatic heterocycles. The van der Waals surface area contributed by atoms with Crippen molar-refractivity contribution in [2.45, 2.75) is 30.9 Å². The molecule has 0 saturated carbocycles. The van der Waals surface area contributed by atoms with Gasteiger partial charge in [-0.15, -0.1) is 0 Å². The Kier molecular flexibility index (Phi) is 5.12. The summed E-state index contributed by atoms with van der Waals surface area (Å²) in [6.45, 7) is 6.56. The van der Waals surface area contributed by atoms with Gasteiger partial charge in [0.25, 0.3) is 0 Å².